The summed E-state index contributed by atoms with van der Waals surface area (Å²) in [7, 11) is 0. The van der Waals surface area contributed by atoms with Crippen molar-refractivity contribution in [3.8, 4) is 0 Å². The van der Waals surface area contributed by atoms with Crippen LogP contribution < -0.4 is 5.32 Å². The van der Waals surface area contributed by atoms with Gasteiger partial charge in [0, 0.05) is 17.5 Å². The van der Waals surface area contributed by atoms with Crippen LogP contribution in [-0.4, -0.2) is 17.1 Å². The second-order valence-electron chi connectivity index (χ2n) is 5.56. The van der Waals surface area contributed by atoms with Crippen molar-refractivity contribution in [2.75, 3.05) is 5.32 Å². The molecule has 3 atom stereocenters. The molecule has 100 valence electrons. The number of carbonyl (C=O) groups is 1. The predicted molar refractivity (Wildman–Crippen MR) is 79.0 cm³/mol. The first-order valence-electron chi connectivity index (χ1n) is 6.93. The van der Waals surface area contributed by atoms with E-state index in [1.54, 1.807) is 0 Å². The van der Waals surface area contributed by atoms with Crippen LogP contribution in [-0.2, 0) is 4.79 Å². The van der Waals surface area contributed by atoms with Gasteiger partial charge >= 0.3 is 5.97 Å². The average molecular weight is 265 g/mol. The van der Waals surface area contributed by atoms with Crippen LogP contribution in [0.3, 0.4) is 0 Å². The Morgan fingerprint density at radius 1 is 1.20 bits per heavy atom. The maximum absolute atomic E-state index is 11.5. The van der Waals surface area contributed by atoms with Gasteiger partial charge < -0.3 is 10.4 Å². The lowest BCUT2D eigenvalue weighted by Crippen LogP contribution is -2.41. The van der Waals surface area contributed by atoms with Gasteiger partial charge in [-0.1, -0.05) is 42.5 Å². The van der Waals surface area contributed by atoms with Crippen LogP contribution in [0.4, 0.5) is 5.69 Å². The number of hydrogen-bond donors (Lipinski definition) is 2. The minimum atomic E-state index is -0.762. The van der Waals surface area contributed by atoms with Crippen molar-refractivity contribution in [1.29, 1.82) is 0 Å². The quantitative estimate of drug-likeness (QED) is 0.777. The van der Waals surface area contributed by atoms with E-state index in [9.17, 15) is 9.90 Å². The van der Waals surface area contributed by atoms with Gasteiger partial charge in [0.25, 0.3) is 0 Å². The van der Waals surface area contributed by atoms with Gasteiger partial charge in [0.2, 0.25) is 0 Å². The Labute approximate surface area is 116 Å². The summed E-state index contributed by atoms with van der Waals surface area (Å²) in [6.07, 6.45) is 5.12. The summed E-state index contributed by atoms with van der Waals surface area (Å²) in [6, 6.07) is 11.9. The van der Waals surface area contributed by atoms with E-state index in [0.717, 1.165) is 12.1 Å². The maximum Gasteiger partial charge on any atom is 0.326 e. The number of aliphatic carboxylic acids is 1. The van der Waals surface area contributed by atoms with Crippen molar-refractivity contribution in [3.05, 3.63) is 54.1 Å². The highest BCUT2D eigenvalue weighted by atomic mass is 16.4. The van der Waals surface area contributed by atoms with Crippen molar-refractivity contribution < 1.29 is 9.90 Å². The van der Waals surface area contributed by atoms with Crippen LogP contribution >= 0.6 is 0 Å². The first-order chi connectivity index (χ1) is 9.75. The molecule has 0 radical (unpaired) electrons. The standard InChI is InChI=1S/C17H15NO2/c19-17(20)16-13-7-3-6-12(13)15-11-5-2-1-4-10(11)8-9-14(15)18-16/h1-6,8-9,12-13,16,18H,7H2,(H,19,20)/t12-,13-,16+/m0/s1. The molecule has 20 heavy (non-hydrogen) atoms. The molecule has 1 heterocycles. The molecule has 3 nitrogen and oxygen atoms in total. The number of benzene rings is 2. The fraction of sp³-hybridized carbons (Fsp3) is 0.235. The number of hydrogen-bond acceptors (Lipinski definition) is 2. The molecule has 1 aliphatic heterocycles. The minimum Gasteiger partial charge on any atom is -0.480 e. The fourth-order valence-corrected chi connectivity index (χ4v) is 3.63. The molecule has 0 aromatic heterocycles. The van der Waals surface area contributed by atoms with Gasteiger partial charge in [0.05, 0.1) is 0 Å². The molecule has 0 unspecified atom stereocenters. The van der Waals surface area contributed by atoms with E-state index in [-0.39, 0.29) is 11.8 Å². The van der Waals surface area contributed by atoms with Crippen LogP contribution in [0.25, 0.3) is 10.8 Å². The highest BCUT2D eigenvalue weighted by Crippen LogP contribution is 2.47. The molecule has 2 N–H and O–H groups in total. The number of rotatable bonds is 1. The lowest BCUT2D eigenvalue weighted by molar-refractivity contribution is -0.139. The normalized spacial score (nSPS) is 26.9. The topological polar surface area (TPSA) is 49.3 Å². The number of nitrogens with one attached hydrogen (secondary N) is 1. The lowest BCUT2D eigenvalue weighted by atomic mass is 9.77. The Kier molecular flexibility index (Phi) is 2.36. The summed E-state index contributed by atoms with van der Waals surface area (Å²) in [6.45, 7) is 0. The van der Waals surface area contributed by atoms with Gasteiger partial charge in [-0.2, -0.15) is 0 Å². The number of carboxylic acid groups (broad SMARTS) is 1. The zero-order valence-electron chi connectivity index (χ0n) is 10.9. The Morgan fingerprint density at radius 2 is 2.05 bits per heavy atom. The lowest BCUT2D eigenvalue weighted by Gasteiger charge is -2.35. The minimum absolute atomic E-state index is 0.116. The van der Waals surface area contributed by atoms with E-state index in [4.69, 9.17) is 0 Å². The predicted octanol–water partition coefficient (Wildman–Crippen LogP) is 3.38. The van der Waals surface area contributed by atoms with Gasteiger partial charge in [-0.25, -0.2) is 4.79 Å². The molecule has 4 rings (SSSR count). The Bertz CT molecular complexity index is 735. The van der Waals surface area contributed by atoms with Gasteiger partial charge in [0.15, 0.2) is 0 Å². The van der Waals surface area contributed by atoms with Crippen molar-refractivity contribution in [2.45, 2.75) is 18.4 Å². The smallest absolute Gasteiger partial charge is 0.326 e. The first-order valence-corrected chi connectivity index (χ1v) is 6.93. The van der Waals surface area contributed by atoms with Crippen LogP contribution in [0, 0.1) is 5.92 Å². The zero-order valence-corrected chi connectivity index (χ0v) is 10.9. The van der Waals surface area contributed by atoms with Crippen LogP contribution in [0.1, 0.15) is 17.9 Å². The highest BCUT2D eigenvalue weighted by molar-refractivity contribution is 5.93. The largest absolute Gasteiger partial charge is 0.480 e. The molecule has 2 aliphatic rings. The number of fused-ring (bicyclic) bond motifs is 5. The van der Waals surface area contributed by atoms with E-state index in [1.807, 2.05) is 18.2 Å². The first kappa shape index (κ1) is 11.5. The molecule has 0 amide bonds. The molecule has 0 fully saturated rings. The second-order valence-corrected chi connectivity index (χ2v) is 5.56. The van der Waals surface area contributed by atoms with Gasteiger partial charge in [-0.05, 0) is 28.8 Å². The number of allylic oxidation sites excluding steroid dienone is 2. The van der Waals surface area contributed by atoms with E-state index in [2.05, 4.69) is 35.7 Å². The molecule has 0 saturated heterocycles. The molecule has 0 bridgehead atoms. The van der Waals surface area contributed by atoms with E-state index >= 15 is 0 Å². The fourth-order valence-electron chi connectivity index (χ4n) is 3.63. The highest BCUT2D eigenvalue weighted by Gasteiger charge is 2.41. The van der Waals surface area contributed by atoms with E-state index in [0.29, 0.717) is 0 Å². The third-order valence-electron chi connectivity index (χ3n) is 4.52. The van der Waals surface area contributed by atoms with Crippen LogP contribution in [0.15, 0.2) is 48.6 Å². The van der Waals surface area contributed by atoms with Crippen molar-refractivity contribution in [3.63, 3.8) is 0 Å². The summed E-state index contributed by atoms with van der Waals surface area (Å²) in [5.74, 6) is -0.438. The Hall–Kier alpha value is -2.29. The molecule has 1 aliphatic carbocycles. The van der Waals surface area contributed by atoms with Crippen molar-refractivity contribution in [2.24, 2.45) is 5.92 Å². The third kappa shape index (κ3) is 1.49. The van der Waals surface area contributed by atoms with E-state index < -0.39 is 12.0 Å². The van der Waals surface area contributed by atoms with Crippen molar-refractivity contribution in [1.82, 2.24) is 0 Å². The molecule has 0 saturated carbocycles. The number of anilines is 1. The molecule has 2 aromatic carbocycles. The van der Waals surface area contributed by atoms with Crippen LogP contribution in [0.5, 0.6) is 0 Å². The van der Waals surface area contributed by atoms with Gasteiger partial charge in [-0.15, -0.1) is 0 Å². The summed E-state index contributed by atoms with van der Waals surface area (Å²) in [4.78, 5) is 11.5. The Morgan fingerprint density at radius 3 is 2.90 bits per heavy atom. The monoisotopic (exact) mass is 265 g/mol. The average Bonchev–Trinajstić information content (AvgIpc) is 2.94. The molecule has 3 heteroatoms. The Balaban J connectivity index is 1.97. The van der Waals surface area contributed by atoms with Gasteiger partial charge in [-0.3, -0.25) is 0 Å². The molecular formula is C17H15NO2. The maximum atomic E-state index is 11.5. The van der Waals surface area contributed by atoms with Gasteiger partial charge in [0.1, 0.15) is 6.04 Å². The van der Waals surface area contributed by atoms with Crippen LogP contribution in [0.2, 0.25) is 0 Å². The molecule has 0 spiro atoms. The summed E-state index contributed by atoms with van der Waals surface area (Å²) in [5, 5.41) is 15.1. The van der Waals surface area contributed by atoms with E-state index in [1.165, 1.54) is 16.3 Å². The molecule has 2 aromatic rings. The zero-order chi connectivity index (χ0) is 13.7. The summed E-state index contributed by atoms with van der Waals surface area (Å²) in [5.41, 5.74) is 2.21. The molecular weight excluding hydrogens is 250 g/mol. The second kappa shape index (κ2) is 4.10. The van der Waals surface area contributed by atoms with Crippen molar-refractivity contribution >= 4 is 22.4 Å². The summed E-state index contributed by atoms with van der Waals surface area (Å²) >= 11 is 0. The third-order valence-corrected chi connectivity index (χ3v) is 4.52. The summed E-state index contributed by atoms with van der Waals surface area (Å²) < 4.78 is 0. The SMILES string of the molecule is O=C(O)[C@@H]1Nc2ccc3ccccc3c2[C@H]2C=CC[C@@H]21. The number of carboxylic acids is 1.